The fourth-order valence-corrected chi connectivity index (χ4v) is 3.07. The predicted molar refractivity (Wildman–Crippen MR) is 109 cm³/mol. The molecule has 2 aromatic rings. The lowest BCUT2D eigenvalue weighted by Gasteiger charge is -2.29. The van der Waals surface area contributed by atoms with Gasteiger partial charge in [-0.05, 0) is 24.3 Å². The molecule has 0 fully saturated rings. The van der Waals surface area contributed by atoms with Crippen molar-refractivity contribution in [2.45, 2.75) is 12.8 Å². The molecule has 2 N–H and O–H groups in total. The number of hydrogen-bond donors (Lipinski definition) is 2. The summed E-state index contributed by atoms with van der Waals surface area (Å²) in [6.45, 7) is 1.13. The second-order valence-corrected chi connectivity index (χ2v) is 6.65. The van der Waals surface area contributed by atoms with Gasteiger partial charge in [0.1, 0.15) is 6.54 Å². The molecule has 0 saturated carbocycles. The van der Waals surface area contributed by atoms with Gasteiger partial charge < -0.3 is 20.4 Å². The van der Waals surface area contributed by atoms with E-state index in [0.717, 1.165) is 5.69 Å². The van der Waals surface area contributed by atoms with Crippen molar-refractivity contribution in [1.29, 1.82) is 0 Å². The van der Waals surface area contributed by atoms with Crippen LogP contribution in [0.2, 0.25) is 0 Å². The van der Waals surface area contributed by atoms with E-state index in [9.17, 15) is 14.4 Å². The molecule has 0 radical (unpaired) electrons. The van der Waals surface area contributed by atoms with E-state index in [1.807, 2.05) is 43.4 Å². The molecule has 146 valence electrons. The highest BCUT2D eigenvalue weighted by Crippen LogP contribution is 2.29. The molecule has 1 heterocycles. The lowest BCUT2D eigenvalue weighted by molar-refractivity contribution is -0.125. The number of carbonyl (C=O) groups is 3. The first-order chi connectivity index (χ1) is 13.5. The van der Waals surface area contributed by atoms with Gasteiger partial charge in [-0.15, -0.1) is 0 Å². The van der Waals surface area contributed by atoms with Gasteiger partial charge in [-0.1, -0.05) is 30.3 Å². The summed E-state index contributed by atoms with van der Waals surface area (Å²) >= 11 is 0. The van der Waals surface area contributed by atoms with E-state index in [-0.39, 0.29) is 37.1 Å². The largest absolute Gasteiger partial charge is 0.373 e. The Morgan fingerprint density at radius 2 is 1.79 bits per heavy atom. The first kappa shape index (κ1) is 19.4. The average Bonchev–Trinajstić information content (AvgIpc) is 2.71. The summed E-state index contributed by atoms with van der Waals surface area (Å²) < 4.78 is 0. The highest BCUT2D eigenvalue weighted by atomic mass is 16.2. The van der Waals surface area contributed by atoms with Crippen LogP contribution >= 0.6 is 0 Å². The number of hydrogen-bond acceptors (Lipinski definition) is 4. The number of likely N-dealkylation sites (N-methyl/N-ethyl adjacent to an activating group) is 1. The Labute approximate surface area is 164 Å². The van der Waals surface area contributed by atoms with Crippen LogP contribution in [0.4, 0.5) is 17.1 Å². The van der Waals surface area contributed by atoms with Gasteiger partial charge in [-0.2, -0.15) is 0 Å². The van der Waals surface area contributed by atoms with Gasteiger partial charge in [-0.3, -0.25) is 14.4 Å². The van der Waals surface area contributed by atoms with Crippen LogP contribution < -0.4 is 20.4 Å². The lowest BCUT2D eigenvalue weighted by Crippen LogP contribution is -2.42. The summed E-state index contributed by atoms with van der Waals surface area (Å²) in [5.74, 6) is -0.649. The van der Waals surface area contributed by atoms with Crippen LogP contribution in [-0.4, -0.2) is 44.4 Å². The van der Waals surface area contributed by atoms with Crippen molar-refractivity contribution in [3.8, 4) is 0 Å². The average molecular weight is 380 g/mol. The quantitative estimate of drug-likeness (QED) is 0.770. The zero-order chi connectivity index (χ0) is 19.9. The normalized spacial score (nSPS) is 12.8. The van der Waals surface area contributed by atoms with Crippen LogP contribution in [0.15, 0.2) is 54.6 Å². The molecular formula is C21H24N4O3. The maximum atomic E-state index is 12.5. The van der Waals surface area contributed by atoms with Gasteiger partial charge in [0.2, 0.25) is 17.7 Å². The summed E-state index contributed by atoms with van der Waals surface area (Å²) in [6, 6.07) is 17.1. The first-order valence-corrected chi connectivity index (χ1v) is 9.27. The van der Waals surface area contributed by atoms with Crippen molar-refractivity contribution in [2.75, 3.05) is 41.8 Å². The van der Waals surface area contributed by atoms with E-state index < -0.39 is 0 Å². The SMILES string of the molecule is CN(CCNC(=O)CCC(=O)N1CC(=O)Nc2ccccc21)c1ccccc1. The Morgan fingerprint density at radius 1 is 1.07 bits per heavy atom. The number of nitrogens with zero attached hydrogens (tertiary/aromatic N) is 2. The van der Waals surface area contributed by atoms with Crippen molar-refractivity contribution >= 4 is 34.8 Å². The van der Waals surface area contributed by atoms with E-state index in [4.69, 9.17) is 0 Å². The molecule has 28 heavy (non-hydrogen) atoms. The molecule has 2 aromatic carbocycles. The van der Waals surface area contributed by atoms with Crippen molar-refractivity contribution in [2.24, 2.45) is 0 Å². The van der Waals surface area contributed by atoms with Gasteiger partial charge in [0.05, 0.1) is 11.4 Å². The second kappa shape index (κ2) is 9.03. The van der Waals surface area contributed by atoms with Crippen LogP contribution in [0.1, 0.15) is 12.8 Å². The van der Waals surface area contributed by atoms with Crippen molar-refractivity contribution in [1.82, 2.24) is 5.32 Å². The number of nitrogens with one attached hydrogen (secondary N) is 2. The second-order valence-electron chi connectivity index (χ2n) is 6.65. The molecule has 0 spiro atoms. The molecule has 1 aliphatic heterocycles. The van der Waals surface area contributed by atoms with Crippen LogP contribution in [0.3, 0.4) is 0 Å². The maximum absolute atomic E-state index is 12.5. The highest BCUT2D eigenvalue weighted by molar-refractivity contribution is 6.10. The first-order valence-electron chi connectivity index (χ1n) is 9.27. The minimum atomic E-state index is -0.237. The fourth-order valence-electron chi connectivity index (χ4n) is 3.07. The number of anilines is 3. The standard InChI is InChI=1S/C21H24N4O3/c1-24(16-7-3-2-4-8-16)14-13-22-19(26)11-12-21(28)25-15-20(27)23-17-9-5-6-10-18(17)25/h2-10H,11-15H2,1H3,(H,22,26)(H,23,27). The molecule has 3 rings (SSSR count). The van der Waals surface area contributed by atoms with Gasteiger partial charge >= 0.3 is 0 Å². The number of fused-ring (bicyclic) bond motifs is 1. The van der Waals surface area contributed by atoms with Crippen LogP contribution in [0.25, 0.3) is 0 Å². The Bertz CT molecular complexity index is 854. The third-order valence-corrected chi connectivity index (χ3v) is 4.60. The third kappa shape index (κ3) is 4.88. The summed E-state index contributed by atoms with van der Waals surface area (Å²) in [7, 11) is 1.96. The third-order valence-electron chi connectivity index (χ3n) is 4.60. The van der Waals surface area contributed by atoms with Crippen molar-refractivity contribution < 1.29 is 14.4 Å². The van der Waals surface area contributed by atoms with E-state index in [2.05, 4.69) is 15.5 Å². The lowest BCUT2D eigenvalue weighted by atomic mass is 10.1. The molecule has 0 atom stereocenters. The molecule has 0 aromatic heterocycles. The molecule has 0 saturated heterocycles. The molecule has 3 amide bonds. The fraction of sp³-hybridized carbons (Fsp3) is 0.286. The smallest absolute Gasteiger partial charge is 0.244 e. The Hall–Kier alpha value is -3.35. The topological polar surface area (TPSA) is 81.8 Å². The maximum Gasteiger partial charge on any atom is 0.244 e. The van der Waals surface area contributed by atoms with Crippen LogP contribution in [-0.2, 0) is 14.4 Å². The molecule has 7 nitrogen and oxygen atoms in total. The summed E-state index contributed by atoms with van der Waals surface area (Å²) in [5.41, 5.74) is 2.35. The molecule has 7 heteroatoms. The zero-order valence-corrected chi connectivity index (χ0v) is 15.9. The van der Waals surface area contributed by atoms with E-state index in [0.29, 0.717) is 24.5 Å². The zero-order valence-electron chi connectivity index (χ0n) is 15.9. The van der Waals surface area contributed by atoms with E-state index in [1.54, 1.807) is 18.2 Å². The van der Waals surface area contributed by atoms with Crippen molar-refractivity contribution in [3.63, 3.8) is 0 Å². The Kier molecular flexibility index (Phi) is 6.26. The Balaban J connectivity index is 1.45. The molecule has 0 aliphatic carbocycles. The predicted octanol–water partition coefficient (Wildman–Crippen LogP) is 2.00. The van der Waals surface area contributed by atoms with Gasteiger partial charge in [0.25, 0.3) is 0 Å². The molecular weight excluding hydrogens is 356 g/mol. The van der Waals surface area contributed by atoms with Gasteiger partial charge in [0, 0.05) is 38.7 Å². The van der Waals surface area contributed by atoms with Gasteiger partial charge in [0.15, 0.2) is 0 Å². The van der Waals surface area contributed by atoms with Crippen molar-refractivity contribution in [3.05, 3.63) is 54.6 Å². The summed E-state index contributed by atoms with van der Waals surface area (Å²) in [4.78, 5) is 39.9. The minimum absolute atomic E-state index is 0.0284. The monoisotopic (exact) mass is 380 g/mol. The highest BCUT2D eigenvalue weighted by Gasteiger charge is 2.26. The number of carbonyl (C=O) groups excluding carboxylic acids is 3. The number of rotatable bonds is 7. The number of benzene rings is 2. The number of amides is 3. The van der Waals surface area contributed by atoms with E-state index in [1.165, 1.54) is 4.90 Å². The number of para-hydroxylation sites is 3. The van der Waals surface area contributed by atoms with Crippen LogP contribution in [0, 0.1) is 0 Å². The van der Waals surface area contributed by atoms with E-state index >= 15 is 0 Å². The Morgan fingerprint density at radius 3 is 2.57 bits per heavy atom. The summed E-state index contributed by atoms with van der Waals surface area (Å²) in [5, 5.41) is 5.58. The van der Waals surface area contributed by atoms with Crippen LogP contribution in [0.5, 0.6) is 0 Å². The molecule has 0 bridgehead atoms. The minimum Gasteiger partial charge on any atom is -0.373 e. The van der Waals surface area contributed by atoms with Gasteiger partial charge in [-0.25, -0.2) is 0 Å². The summed E-state index contributed by atoms with van der Waals surface area (Å²) in [6.07, 6.45) is 0.149. The molecule has 1 aliphatic rings. The molecule has 0 unspecified atom stereocenters.